The highest BCUT2D eigenvalue weighted by atomic mass is 35.5. The number of carbonyl (C=O) groups is 3. The van der Waals surface area contributed by atoms with E-state index >= 15 is 0 Å². The number of hydrogen-bond donors (Lipinski definition) is 2. The van der Waals surface area contributed by atoms with Gasteiger partial charge in [0.25, 0.3) is 0 Å². The fourth-order valence-corrected chi connectivity index (χ4v) is 3.51. The van der Waals surface area contributed by atoms with Gasteiger partial charge in [-0.25, -0.2) is 4.79 Å². The van der Waals surface area contributed by atoms with Crippen molar-refractivity contribution in [2.45, 2.75) is 31.5 Å². The number of halogens is 1. The minimum Gasteiger partial charge on any atom is -0.388 e. The Kier molecular flexibility index (Phi) is 5.20. The Labute approximate surface area is 170 Å². The van der Waals surface area contributed by atoms with E-state index in [0.29, 0.717) is 23.7 Å². The third kappa shape index (κ3) is 3.94. The zero-order valence-electron chi connectivity index (χ0n) is 15.2. The van der Waals surface area contributed by atoms with Crippen molar-refractivity contribution in [3.05, 3.63) is 46.6 Å². The molecule has 10 nitrogen and oxygen atoms in total. The topological polar surface area (TPSA) is 129 Å². The first-order valence-corrected chi connectivity index (χ1v) is 9.44. The molecule has 2 fully saturated rings. The van der Waals surface area contributed by atoms with Gasteiger partial charge in [-0.15, -0.1) is 0 Å². The molecular formula is C18H18ClN5O5. The summed E-state index contributed by atoms with van der Waals surface area (Å²) in [7, 11) is 0. The predicted octanol–water partition coefficient (Wildman–Crippen LogP) is 0.652. The molecule has 2 aromatic rings. The van der Waals surface area contributed by atoms with Crippen LogP contribution in [0.1, 0.15) is 29.8 Å². The minimum absolute atomic E-state index is 0.0740. The van der Waals surface area contributed by atoms with Crippen molar-refractivity contribution in [1.82, 2.24) is 25.3 Å². The highest BCUT2D eigenvalue weighted by Crippen LogP contribution is 2.22. The molecule has 0 bridgehead atoms. The van der Waals surface area contributed by atoms with Crippen LogP contribution in [0.15, 0.2) is 28.8 Å². The van der Waals surface area contributed by atoms with Crippen molar-refractivity contribution in [1.29, 1.82) is 0 Å². The largest absolute Gasteiger partial charge is 0.388 e. The van der Waals surface area contributed by atoms with Crippen LogP contribution in [0, 0.1) is 0 Å². The van der Waals surface area contributed by atoms with Gasteiger partial charge in [-0.3, -0.25) is 14.5 Å². The standard InChI is InChI=1S/C18H18ClN5O5/c19-11-3-1-10(2-4-11)13(25)8-14-21-15(29-22-14)9-24-16(26)7-12-17(27)20-5-6-23(12)18(24)28/h1-4,12-13,25H,5-9H2,(H,20,27)/t12-,13+/m1/s1. The fourth-order valence-electron chi connectivity index (χ4n) is 3.39. The van der Waals surface area contributed by atoms with E-state index in [1.165, 1.54) is 4.90 Å². The summed E-state index contributed by atoms with van der Waals surface area (Å²) in [4.78, 5) is 43.4. The smallest absolute Gasteiger partial charge is 0.327 e. The van der Waals surface area contributed by atoms with Gasteiger partial charge in [-0.05, 0) is 17.7 Å². The van der Waals surface area contributed by atoms with Gasteiger partial charge in [0.2, 0.25) is 17.7 Å². The SMILES string of the molecule is O=C1NCCN2C(=O)N(Cc3nc(C[C@H](O)c4ccc(Cl)cc4)no3)C(=O)C[C@H]12. The lowest BCUT2D eigenvalue weighted by Gasteiger charge is -2.41. The second-order valence-corrected chi connectivity index (χ2v) is 7.28. The van der Waals surface area contributed by atoms with Crippen LogP contribution in [0.25, 0.3) is 0 Å². The number of aromatic nitrogens is 2. The van der Waals surface area contributed by atoms with Crippen molar-refractivity contribution < 1.29 is 24.0 Å². The highest BCUT2D eigenvalue weighted by molar-refractivity contribution is 6.30. The number of aliphatic hydroxyl groups is 1. The van der Waals surface area contributed by atoms with E-state index in [1.54, 1.807) is 24.3 Å². The maximum absolute atomic E-state index is 12.6. The zero-order chi connectivity index (χ0) is 20.5. The van der Waals surface area contributed by atoms with Gasteiger partial charge >= 0.3 is 6.03 Å². The number of benzene rings is 1. The molecule has 152 valence electrons. The number of piperazine rings is 1. The second-order valence-electron chi connectivity index (χ2n) is 6.84. The molecule has 2 atom stereocenters. The van der Waals surface area contributed by atoms with Gasteiger partial charge < -0.3 is 19.8 Å². The Hall–Kier alpha value is -2.98. The van der Waals surface area contributed by atoms with E-state index < -0.39 is 24.1 Å². The number of imide groups is 1. The first kappa shape index (κ1) is 19.3. The molecule has 2 aliphatic heterocycles. The van der Waals surface area contributed by atoms with Crippen molar-refractivity contribution >= 4 is 29.4 Å². The van der Waals surface area contributed by atoms with E-state index in [4.69, 9.17) is 16.1 Å². The zero-order valence-corrected chi connectivity index (χ0v) is 16.0. The van der Waals surface area contributed by atoms with Gasteiger partial charge in [-0.2, -0.15) is 4.98 Å². The van der Waals surface area contributed by atoms with Crippen molar-refractivity contribution in [3.63, 3.8) is 0 Å². The monoisotopic (exact) mass is 419 g/mol. The number of rotatable bonds is 5. The molecule has 2 N–H and O–H groups in total. The quantitative estimate of drug-likeness (QED) is 0.727. The average Bonchev–Trinajstić information content (AvgIpc) is 3.13. The molecule has 1 aromatic heterocycles. The number of fused-ring (bicyclic) bond motifs is 1. The molecule has 0 saturated carbocycles. The molecule has 4 rings (SSSR count). The maximum Gasteiger partial charge on any atom is 0.327 e. The number of hydrogen-bond acceptors (Lipinski definition) is 7. The fraction of sp³-hybridized carbons (Fsp3) is 0.389. The number of amides is 4. The Morgan fingerprint density at radius 1 is 1.28 bits per heavy atom. The van der Waals surface area contributed by atoms with E-state index in [1.807, 2.05) is 0 Å². The Morgan fingerprint density at radius 2 is 2.03 bits per heavy atom. The van der Waals surface area contributed by atoms with Crippen LogP contribution in [0.3, 0.4) is 0 Å². The van der Waals surface area contributed by atoms with Crippen LogP contribution >= 0.6 is 11.6 Å². The van der Waals surface area contributed by atoms with Crippen LogP contribution < -0.4 is 5.32 Å². The van der Waals surface area contributed by atoms with Crippen LogP contribution in [0.5, 0.6) is 0 Å². The molecule has 3 heterocycles. The number of aliphatic hydroxyl groups excluding tert-OH is 1. The third-order valence-electron chi connectivity index (χ3n) is 4.91. The molecule has 0 unspecified atom stereocenters. The lowest BCUT2D eigenvalue weighted by atomic mass is 10.1. The molecular weight excluding hydrogens is 402 g/mol. The van der Waals surface area contributed by atoms with Crippen LogP contribution in [0.2, 0.25) is 5.02 Å². The third-order valence-corrected chi connectivity index (χ3v) is 5.16. The molecule has 0 spiro atoms. The minimum atomic E-state index is -0.858. The lowest BCUT2D eigenvalue weighted by Crippen LogP contribution is -2.65. The van der Waals surface area contributed by atoms with E-state index in [0.717, 1.165) is 4.90 Å². The summed E-state index contributed by atoms with van der Waals surface area (Å²) in [6, 6.07) is 5.41. The number of urea groups is 1. The molecule has 0 radical (unpaired) electrons. The second kappa shape index (κ2) is 7.80. The van der Waals surface area contributed by atoms with E-state index in [-0.39, 0.29) is 37.0 Å². The molecule has 2 saturated heterocycles. The summed E-state index contributed by atoms with van der Waals surface area (Å²) in [5.41, 5.74) is 0.650. The van der Waals surface area contributed by atoms with Crippen LogP contribution in [0.4, 0.5) is 4.79 Å². The van der Waals surface area contributed by atoms with Gasteiger partial charge in [0, 0.05) is 24.5 Å². The van der Waals surface area contributed by atoms with E-state index in [9.17, 15) is 19.5 Å². The molecule has 2 aliphatic rings. The summed E-state index contributed by atoms with van der Waals surface area (Å²) in [5, 5.41) is 17.3. The number of nitrogens with zero attached hydrogens (tertiary/aromatic N) is 4. The average molecular weight is 420 g/mol. The van der Waals surface area contributed by atoms with Gasteiger partial charge in [-0.1, -0.05) is 28.9 Å². The van der Waals surface area contributed by atoms with E-state index in [2.05, 4.69) is 15.5 Å². The van der Waals surface area contributed by atoms with Crippen molar-refractivity contribution in [3.8, 4) is 0 Å². The normalized spacial score (nSPS) is 20.5. The number of carbonyl (C=O) groups excluding carboxylic acids is 3. The first-order chi connectivity index (χ1) is 13.9. The van der Waals surface area contributed by atoms with Gasteiger partial charge in [0.1, 0.15) is 12.6 Å². The summed E-state index contributed by atoms with van der Waals surface area (Å²) in [6.45, 7) is 0.490. The summed E-state index contributed by atoms with van der Waals surface area (Å²) in [5.74, 6) is -0.484. The van der Waals surface area contributed by atoms with Crippen molar-refractivity contribution in [2.75, 3.05) is 13.1 Å². The molecule has 11 heteroatoms. The van der Waals surface area contributed by atoms with Gasteiger partial charge in [0.05, 0.1) is 12.5 Å². The Balaban J connectivity index is 1.42. The molecule has 29 heavy (non-hydrogen) atoms. The molecule has 0 aliphatic carbocycles. The first-order valence-electron chi connectivity index (χ1n) is 9.06. The summed E-state index contributed by atoms with van der Waals surface area (Å²) in [6.07, 6.45) is -0.849. The predicted molar refractivity (Wildman–Crippen MR) is 98.5 cm³/mol. The molecule has 1 aromatic carbocycles. The Bertz CT molecular complexity index is 946. The Morgan fingerprint density at radius 3 is 2.79 bits per heavy atom. The summed E-state index contributed by atoms with van der Waals surface area (Å²) >= 11 is 5.84. The van der Waals surface area contributed by atoms with Crippen molar-refractivity contribution in [2.24, 2.45) is 0 Å². The summed E-state index contributed by atoms with van der Waals surface area (Å²) < 4.78 is 5.14. The highest BCUT2D eigenvalue weighted by Gasteiger charge is 2.44. The van der Waals surface area contributed by atoms with Crippen LogP contribution in [-0.4, -0.2) is 62.0 Å². The lowest BCUT2D eigenvalue weighted by molar-refractivity contribution is -0.141. The molecule has 4 amide bonds. The van der Waals surface area contributed by atoms with Gasteiger partial charge in [0.15, 0.2) is 5.82 Å². The maximum atomic E-state index is 12.6. The number of nitrogens with one attached hydrogen (secondary N) is 1. The van der Waals surface area contributed by atoms with Crippen LogP contribution in [-0.2, 0) is 22.6 Å².